The molecule has 132 valence electrons. The summed E-state index contributed by atoms with van der Waals surface area (Å²) in [5.41, 5.74) is 8.70. The number of nitrogens with one attached hydrogen (secondary N) is 1. The minimum absolute atomic E-state index is 0.129. The number of nitrogens with zero attached hydrogens (tertiary/aromatic N) is 3. The van der Waals surface area contributed by atoms with Crippen LogP contribution in [0, 0.1) is 13.8 Å². The van der Waals surface area contributed by atoms with Gasteiger partial charge in [0, 0.05) is 17.2 Å². The summed E-state index contributed by atoms with van der Waals surface area (Å²) in [5.74, 6) is 0.458. The predicted octanol–water partition coefficient (Wildman–Crippen LogP) is 3.01. The Labute approximate surface area is 154 Å². The first-order valence-electron chi connectivity index (χ1n) is 8.07. The number of nitrogens with two attached hydrogens (primary N) is 1. The molecular formula is C17H20BrN5O2. The maximum atomic E-state index is 12.4. The highest BCUT2D eigenvalue weighted by atomic mass is 79.9. The van der Waals surface area contributed by atoms with E-state index < -0.39 is 0 Å². The van der Waals surface area contributed by atoms with Gasteiger partial charge in [-0.25, -0.2) is 5.06 Å². The smallest absolute Gasteiger partial charge is 0.263 e. The number of hydrogen-bond acceptors (Lipinski definition) is 6. The van der Waals surface area contributed by atoms with Gasteiger partial charge in [-0.2, -0.15) is 4.98 Å². The zero-order valence-corrected chi connectivity index (χ0v) is 15.8. The molecule has 0 amide bonds. The summed E-state index contributed by atoms with van der Waals surface area (Å²) in [5, 5.41) is 1.57. The summed E-state index contributed by atoms with van der Waals surface area (Å²) in [7, 11) is 0. The first kappa shape index (κ1) is 17.6. The van der Waals surface area contributed by atoms with E-state index in [1.165, 1.54) is 6.21 Å². The van der Waals surface area contributed by atoms with Crippen molar-refractivity contribution in [3.05, 3.63) is 43.6 Å². The number of halogens is 1. The predicted molar refractivity (Wildman–Crippen MR) is 103 cm³/mol. The fourth-order valence-electron chi connectivity index (χ4n) is 2.73. The third kappa shape index (κ3) is 3.91. The first-order chi connectivity index (χ1) is 12.0. The number of hydroxylamine groups is 1. The van der Waals surface area contributed by atoms with Crippen LogP contribution in [0.3, 0.4) is 0 Å². The van der Waals surface area contributed by atoms with E-state index in [0.717, 1.165) is 34.1 Å². The molecule has 3 N–H and O–H groups in total. The van der Waals surface area contributed by atoms with Crippen LogP contribution in [0.5, 0.6) is 0 Å². The van der Waals surface area contributed by atoms with Crippen molar-refractivity contribution in [2.24, 2.45) is 4.99 Å². The molecule has 0 spiro atoms. The topological polar surface area (TPSA) is 96.6 Å². The van der Waals surface area contributed by atoms with Crippen molar-refractivity contribution in [3.8, 4) is 0 Å². The van der Waals surface area contributed by atoms with Gasteiger partial charge in [0.05, 0.1) is 12.3 Å². The molecule has 2 heterocycles. The molecule has 0 radical (unpaired) electrons. The lowest BCUT2D eigenvalue weighted by Gasteiger charge is -2.26. The molecular weight excluding hydrogens is 386 g/mol. The van der Waals surface area contributed by atoms with E-state index in [1.54, 1.807) is 5.06 Å². The second-order valence-electron chi connectivity index (χ2n) is 5.98. The second-order valence-corrected chi connectivity index (χ2v) is 6.89. The highest BCUT2D eigenvalue weighted by molar-refractivity contribution is 9.10. The lowest BCUT2D eigenvalue weighted by Crippen LogP contribution is -2.33. The van der Waals surface area contributed by atoms with Crippen LogP contribution >= 0.6 is 15.9 Å². The Hall–Kier alpha value is -2.19. The molecule has 0 atom stereocenters. The maximum Gasteiger partial charge on any atom is 0.263 e. The molecule has 3 rings (SSSR count). The number of aliphatic imine (C=N–C) groups is 1. The Bertz CT molecular complexity index is 849. The Kier molecular flexibility index (Phi) is 5.19. The average molecular weight is 406 g/mol. The highest BCUT2D eigenvalue weighted by Crippen LogP contribution is 2.27. The summed E-state index contributed by atoms with van der Waals surface area (Å²) < 4.78 is 0.992. The summed E-state index contributed by atoms with van der Waals surface area (Å²) in [6.07, 6.45) is 3.44. The summed E-state index contributed by atoms with van der Waals surface area (Å²) in [6, 6.07) is 3.95. The van der Waals surface area contributed by atoms with Gasteiger partial charge in [-0.1, -0.05) is 15.9 Å². The van der Waals surface area contributed by atoms with E-state index >= 15 is 0 Å². The van der Waals surface area contributed by atoms with Crippen LogP contribution in [0.1, 0.15) is 29.5 Å². The number of anilines is 2. The molecule has 0 unspecified atom stereocenters. The molecule has 1 aromatic carbocycles. The zero-order valence-electron chi connectivity index (χ0n) is 14.2. The normalized spacial score (nSPS) is 15.1. The van der Waals surface area contributed by atoms with Crippen LogP contribution < -0.4 is 16.4 Å². The molecule has 0 bridgehead atoms. The van der Waals surface area contributed by atoms with Crippen molar-refractivity contribution in [1.29, 1.82) is 0 Å². The molecule has 1 fully saturated rings. The van der Waals surface area contributed by atoms with E-state index in [4.69, 9.17) is 10.6 Å². The minimum Gasteiger partial charge on any atom is -0.383 e. The van der Waals surface area contributed by atoms with Crippen molar-refractivity contribution in [2.45, 2.75) is 26.7 Å². The largest absolute Gasteiger partial charge is 0.383 e. The Morgan fingerprint density at radius 1 is 1.36 bits per heavy atom. The second kappa shape index (κ2) is 7.37. The Balaban J connectivity index is 1.92. The van der Waals surface area contributed by atoms with Crippen molar-refractivity contribution in [1.82, 2.24) is 9.97 Å². The summed E-state index contributed by atoms with van der Waals surface area (Å²) in [4.78, 5) is 29.3. The lowest BCUT2D eigenvalue weighted by atomic mass is 10.1. The number of aromatic amines is 1. The number of hydrogen-bond donors (Lipinski definition) is 2. The van der Waals surface area contributed by atoms with Crippen molar-refractivity contribution < 1.29 is 4.84 Å². The van der Waals surface area contributed by atoms with E-state index in [9.17, 15) is 4.79 Å². The van der Waals surface area contributed by atoms with Crippen LogP contribution in [-0.4, -0.2) is 29.3 Å². The third-order valence-electron chi connectivity index (χ3n) is 3.99. The van der Waals surface area contributed by atoms with Crippen molar-refractivity contribution in [2.75, 3.05) is 23.9 Å². The molecule has 2 aromatic rings. The van der Waals surface area contributed by atoms with Gasteiger partial charge in [0.1, 0.15) is 11.4 Å². The van der Waals surface area contributed by atoms with Crippen LogP contribution in [0.2, 0.25) is 0 Å². The monoisotopic (exact) mass is 405 g/mol. The number of benzene rings is 1. The van der Waals surface area contributed by atoms with Crippen LogP contribution in [0.25, 0.3) is 0 Å². The van der Waals surface area contributed by atoms with Gasteiger partial charge in [0.25, 0.3) is 5.56 Å². The van der Waals surface area contributed by atoms with E-state index in [2.05, 4.69) is 30.9 Å². The van der Waals surface area contributed by atoms with Crippen LogP contribution in [0.4, 0.5) is 17.5 Å². The van der Waals surface area contributed by atoms with E-state index in [1.807, 2.05) is 26.0 Å². The van der Waals surface area contributed by atoms with Gasteiger partial charge in [-0.3, -0.25) is 19.6 Å². The molecule has 0 saturated carbocycles. The van der Waals surface area contributed by atoms with Gasteiger partial charge < -0.3 is 5.73 Å². The van der Waals surface area contributed by atoms with Gasteiger partial charge in [0.15, 0.2) is 0 Å². The summed E-state index contributed by atoms with van der Waals surface area (Å²) >= 11 is 3.46. The Morgan fingerprint density at radius 3 is 2.68 bits per heavy atom. The standard InChI is InChI=1S/C17H20BrN5O2/c1-10-7-12(18)8-11(2)14(10)20-9-13-15(19)21-17(22-16(13)24)23-5-3-4-6-25-23/h7-9H,3-6H2,1-2H3,(H3,19,21,22,24). The maximum absolute atomic E-state index is 12.4. The SMILES string of the molecule is Cc1cc(Br)cc(C)c1N=Cc1c(N)nc(N2CCCCO2)[nH]c1=O. The third-order valence-corrected chi connectivity index (χ3v) is 4.45. The Morgan fingerprint density at radius 2 is 2.08 bits per heavy atom. The van der Waals surface area contributed by atoms with Gasteiger partial charge in [-0.15, -0.1) is 0 Å². The quantitative estimate of drug-likeness (QED) is 0.764. The molecule has 1 aliphatic heterocycles. The number of aryl methyl sites for hydroxylation is 2. The minimum atomic E-state index is -0.340. The molecule has 1 aromatic heterocycles. The van der Waals surface area contributed by atoms with Crippen molar-refractivity contribution >= 4 is 39.6 Å². The molecule has 25 heavy (non-hydrogen) atoms. The van der Waals surface area contributed by atoms with Gasteiger partial charge in [0.2, 0.25) is 5.95 Å². The molecule has 1 aliphatic rings. The molecule has 8 heteroatoms. The zero-order chi connectivity index (χ0) is 18.0. The molecule has 0 aliphatic carbocycles. The highest BCUT2D eigenvalue weighted by Gasteiger charge is 2.16. The fourth-order valence-corrected chi connectivity index (χ4v) is 3.42. The summed E-state index contributed by atoms with van der Waals surface area (Å²) in [6.45, 7) is 5.21. The first-order valence-corrected chi connectivity index (χ1v) is 8.86. The van der Waals surface area contributed by atoms with E-state index in [0.29, 0.717) is 19.1 Å². The van der Waals surface area contributed by atoms with Crippen molar-refractivity contribution in [3.63, 3.8) is 0 Å². The van der Waals surface area contributed by atoms with Gasteiger partial charge >= 0.3 is 0 Å². The average Bonchev–Trinajstić information content (AvgIpc) is 2.56. The lowest BCUT2D eigenvalue weighted by molar-refractivity contribution is 0.0743. The fraction of sp³-hybridized carbons (Fsp3) is 0.353. The number of nitrogen functional groups attached to an aromatic ring is 1. The molecule has 7 nitrogen and oxygen atoms in total. The van der Waals surface area contributed by atoms with Crippen LogP contribution in [0.15, 0.2) is 26.4 Å². The van der Waals surface area contributed by atoms with E-state index in [-0.39, 0.29) is 16.9 Å². The number of H-pyrrole nitrogens is 1. The number of aromatic nitrogens is 2. The van der Waals surface area contributed by atoms with Gasteiger partial charge in [-0.05, 0) is 49.9 Å². The van der Waals surface area contributed by atoms with Crippen LogP contribution in [-0.2, 0) is 4.84 Å². The molecule has 1 saturated heterocycles. The number of rotatable bonds is 3.